The number of thiazole rings is 1. The molecular weight excluding hydrogens is 414 g/mol. The van der Waals surface area contributed by atoms with E-state index in [0.29, 0.717) is 23.6 Å². The molecule has 1 amide bonds. The summed E-state index contributed by atoms with van der Waals surface area (Å²) in [5.74, 6) is -0.476. The van der Waals surface area contributed by atoms with E-state index in [0.717, 1.165) is 16.4 Å². The minimum Gasteiger partial charge on any atom is -0.487 e. The average molecular weight is 440 g/mol. The fourth-order valence-corrected chi connectivity index (χ4v) is 3.31. The Bertz CT molecular complexity index is 1050. The second kappa shape index (κ2) is 10.1. The number of carbonyl (C=O) groups excluding carboxylic acids is 2. The summed E-state index contributed by atoms with van der Waals surface area (Å²) >= 11 is 1.55. The number of anilines is 2. The molecule has 0 saturated heterocycles. The largest absolute Gasteiger partial charge is 0.487 e. The lowest BCUT2D eigenvalue weighted by Gasteiger charge is -2.15. The first-order valence-electron chi connectivity index (χ1n) is 9.75. The van der Waals surface area contributed by atoms with Gasteiger partial charge in [0.1, 0.15) is 12.4 Å². The number of rotatable bonds is 8. The summed E-state index contributed by atoms with van der Waals surface area (Å²) in [5.41, 5.74) is 2.79. The number of hydrogen-bond acceptors (Lipinski definition) is 7. The number of aromatic nitrogens is 1. The van der Waals surface area contributed by atoms with Crippen LogP contribution in [0.5, 0.6) is 5.75 Å². The van der Waals surface area contributed by atoms with Gasteiger partial charge in [-0.1, -0.05) is 6.07 Å². The first-order valence-corrected chi connectivity index (χ1v) is 10.6. The van der Waals surface area contributed by atoms with Gasteiger partial charge in [-0.3, -0.25) is 4.79 Å². The van der Waals surface area contributed by atoms with Gasteiger partial charge in [0, 0.05) is 30.9 Å². The van der Waals surface area contributed by atoms with Crippen LogP contribution in [0.25, 0.3) is 0 Å². The van der Waals surface area contributed by atoms with E-state index in [1.165, 1.54) is 6.92 Å². The van der Waals surface area contributed by atoms with Crippen LogP contribution in [0.2, 0.25) is 0 Å². The van der Waals surface area contributed by atoms with Gasteiger partial charge in [0.05, 0.1) is 16.3 Å². The quantitative estimate of drug-likeness (QED) is 0.528. The number of carbonyl (C=O) groups is 2. The number of benzene rings is 2. The third-order valence-corrected chi connectivity index (χ3v) is 5.25. The van der Waals surface area contributed by atoms with Crippen molar-refractivity contribution in [2.75, 3.05) is 24.3 Å². The van der Waals surface area contributed by atoms with Crippen LogP contribution in [0, 0.1) is 6.92 Å². The Hall–Kier alpha value is -3.39. The molecule has 0 aliphatic heterocycles. The normalized spacial score (nSPS) is 11.5. The molecule has 0 spiro atoms. The number of nitrogens with zero attached hydrogens (tertiary/aromatic N) is 2. The van der Waals surface area contributed by atoms with Crippen LogP contribution in [-0.2, 0) is 16.1 Å². The predicted molar refractivity (Wildman–Crippen MR) is 122 cm³/mol. The molecule has 1 heterocycles. The fourth-order valence-electron chi connectivity index (χ4n) is 2.71. The van der Waals surface area contributed by atoms with E-state index in [9.17, 15) is 9.59 Å². The summed E-state index contributed by atoms with van der Waals surface area (Å²) in [6.07, 6.45) is -0.955. The van der Waals surface area contributed by atoms with Crippen LogP contribution in [0.1, 0.15) is 28.0 Å². The van der Waals surface area contributed by atoms with Gasteiger partial charge in [-0.25, -0.2) is 9.78 Å². The van der Waals surface area contributed by atoms with Crippen LogP contribution >= 0.6 is 11.3 Å². The highest BCUT2D eigenvalue weighted by molar-refractivity contribution is 7.09. The SMILES string of the molecule is Cc1nc(COc2cccc(C(=O)OC(C)C(=O)Nc3ccc(N(C)C)cc3)c2)cs1. The van der Waals surface area contributed by atoms with Crippen molar-refractivity contribution in [3.63, 3.8) is 0 Å². The van der Waals surface area contributed by atoms with Crippen molar-refractivity contribution in [1.82, 2.24) is 4.98 Å². The molecule has 1 aromatic heterocycles. The first-order chi connectivity index (χ1) is 14.8. The Kier molecular flexibility index (Phi) is 7.25. The van der Waals surface area contributed by atoms with Gasteiger partial charge in [-0.15, -0.1) is 11.3 Å². The molecule has 0 bridgehead atoms. The molecule has 0 radical (unpaired) electrons. The number of ether oxygens (including phenoxy) is 2. The second-order valence-corrected chi connectivity index (χ2v) is 8.21. The van der Waals surface area contributed by atoms with E-state index in [2.05, 4.69) is 10.3 Å². The van der Waals surface area contributed by atoms with E-state index in [1.54, 1.807) is 47.7 Å². The number of amides is 1. The summed E-state index contributed by atoms with van der Waals surface area (Å²) in [7, 11) is 3.88. The number of hydrogen-bond donors (Lipinski definition) is 1. The van der Waals surface area contributed by atoms with Gasteiger partial charge >= 0.3 is 5.97 Å². The molecule has 7 nitrogen and oxygen atoms in total. The molecule has 0 aliphatic rings. The van der Waals surface area contributed by atoms with Crippen LogP contribution < -0.4 is 15.0 Å². The maximum atomic E-state index is 12.5. The monoisotopic (exact) mass is 439 g/mol. The molecule has 8 heteroatoms. The summed E-state index contributed by atoms with van der Waals surface area (Å²) in [5, 5.41) is 5.65. The zero-order chi connectivity index (χ0) is 22.4. The third kappa shape index (κ3) is 6.29. The highest BCUT2D eigenvalue weighted by Gasteiger charge is 2.19. The van der Waals surface area contributed by atoms with Gasteiger partial charge in [0.2, 0.25) is 0 Å². The van der Waals surface area contributed by atoms with E-state index >= 15 is 0 Å². The van der Waals surface area contributed by atoms with Crippen molar-refractivity contribution in [3.05, 3.63) is 70.2 Å². The highest BCUT2D eigenvalue weighted by Crippen LogP contribution is 2.19. The lowest BCUT2D eigenvalue weighted by atomic mass is 10.2. The van der Waals surface area contributed by atoms with Gasteiger partial charge in [-0.2, -0.15) is 0 Å². The van der Waals surface area contributed by atoms with Crippen LogP contribution in [0.4, 0.5) is 11.4 Å². The summed E-state index contributed by atoms with van der Waals surface area (Å²) in [6.45, 7) is 3.78. The Balaban J connectivity index is 1.55. The van der Waals surface area contributed by atoms with Crippen molar-refractivity contribution in [2.45, 2.75) is 26.6 Å². The molecule has 2 aromatic carbocycles. The van der Waals surface area contributed by atoms with Gasteiger partial charge in [-0.05, 0) is 56.3 Å². The smallest absolute Gasteiger partial charge is 0.339 e. The Morgan fingerprint density at radius 1 is 1.16 bits per heavy atom. The lowest BCUT2D eigenvalue weighted by molar-refractivity contribution is -0.123. The molecule has 162 valence electrons. The zero-order valence-electron chi connectivity index (χ0n) is 17.9. The standard InChI is InChI=1S/C23H25N3O4S/c1-15(22(27)25-18-8-10-20(11-9-18)26(3)4)30-23(28)17-6-5-7-21(12-17)29-13-19-14-31-16(2)24-19/h5-12,14-15H,13H2,1-4H3,(H,25,27). The topological polar surface area (TPSA) is 80.8 Å². The summed E-state index contributed by atoms with van der Waals surface area (Å²) in [6, 6.07) is 14.0. The minimum atomic E-state index is -0.955. The molecule has 31 heavy (non-hydrogen) atoms. The molecule has 1 N–H and O–H groups in total. The van der Waals surface area contributed by atoms with E-state index in [4.69, 9.17) is 9.47 Å². The zero-order valence-corrected chi connectivity index (χ0v) is 18.7. The molecule has 3 aromatic rings. The van der Waals surface area contributed by atoms with Gasteiger partial charge in [0.25, 0.3) is 5.91 Å². The van der Waals surface area contributed by atoms with E-state index in [-0.39, 0.29) is 0 Å². The Labute approximate surface area is 185 Å². The van der Waals surface area contributed by atoms with Crippen molar-refractivity contribution in [3.8, 4) is 5.75 Å². The van der Waals surface area contributed by atoms with Crippen molar-refractivity contribution >= 4 is 34.6 Å². The van der Waals surface area contributed by atoms with Crippen LogP contribution in [0.3, 0.4) is 0 Å². The lowest BCUT2D eigenvalue weighted by Crippen LogP contribution is -2.30. The van der Waals surface area contributed by atoms with Crippen LogP contribution in [-0.4, -0.2) is 37.1 Å². The average Bonchev–Trinajstić information content (AvgIpc) is 3.18. The third-order valence-electron chi connectivity index (χ3n) is 4.43. The summed E-state index contributed by atoms with van der Waals surface area (Å²) in [4.78, 5) is 31.2. The Morgan fingerprint density at radius 2 is 1.90 bits per heavy atom. The minimum absolute atomic E-state index is 0.307. The number of esters is 1. The van der Waals surface area contributed by atoms with Gasteiger partial charge < -0.3 is 19.7 Å². The van der Waals surface area contributed by atoms with Crippen molar-refractivity contribution in [1.29, 1.82) is 0 Å². The van der Waals surface area contributed by atoms with Crippen molar-refractivity contribution in [2.24, 2.45) is 0 Å². The van der Waals surface area contributed by atoms with E-state index < -0.39 is 18.0 Å². The predicted octanol–water partition coefficient (Wildman–Crippen LogP) is 4.28. The first kappa shape index (κ1) is 22.3. The molecule has 1 atom stereocenters. The fraction of sp³-hybridized carbons (Fsp3) is 0.261. The highest BCUT2D eigenvalue weighted by atomic mass is 32.1. The Morgan fingerprint density at radius 3 is 2.55 bits per heavy atom. The van der Waals surface area contributed by atoms with Gasteiger partial charge in [0.15, 0.2) is 6.10 Å². The summed E-state index contributed by atoms with van der Waals surface area (Å²) < 4.78 is 11.0. The molecule has 3 rings (SSSR count). The molecule has 1 unspecified atom stereocenters. The van der Waals surface area contributed by atoms with Crippen LogP contribution in [0.15, 0.2) is 53.9 Å². The molecule has 0 saturated carbocycles. The maximum absolute atomic E-state index is 12.5. The molecular formula is C23H25N3O4S. The van der Waals surface area contributed by atoms with Crippen molar-refractivity contribution < 1.29 is 19.1 Å². The maximum Gasteiger partial charge on any atom is 0.339 e. The van der Waals surface area contributed by atoms with E-state index in [1.807, 2.05) is 43.4 Å². The number of aryl methyl sites for hydroxylation is 1. The number of nitrogens with one attached hydrogen (secondary N) is 1. The molecule has 0 aliphatic carbocycles. The molecule has 0 fully saturated rings. The second-order valence-electron chi connectivity index (χ2n) is 7.15.